The van der Waals surface area contributed by atoms with Crippen LogP contribution < -0.4 is 0 Å². The molecule has 0 atom stereocenters. The van der Waals surface area contributed by atoms with E-state index in [1.165, 1.54) is 0 Å². The van der Waals surface area contributed by atoms with E-state index < -0.39 is 0 Å². The topological polar surface area (TPSA) is 72.3 Å². The molecule has 6 heteroatoms. The third-order valence-electron chi connectivity index (χ3n) is 9.94. The van der Waals surface area contributed by atoms with E-state index >= 15 is 0 Å². The SMILES string of the molecule is Cc1cc(-c2oc(-c3ccc4c(c3)oc3ccccc34)c3ccccc23)cc(-c2[c-]c(-c3cc(-c4ccccc4)cc(-c4ccccc4O)n3)ccc2)n1.[Pt]. The Bertz CT molecular complexity index is 3040. The number of aromatic hydroxyl groups is 1. The average Bonchev–Trinajstić information content (AvgIpc) is 3.80. The Labute approximate surface area is 331 Å². The van der Waals surface area contributed by atoms with Gasteiger partial charge in [-0.3, -0.25) is 9.97 Å². The Morgan fingerprint density at radius 1 is 0.455 bits per heavy atom. The van der Waals surface area contributed by atoms with Gasteiger partial charge in [0.25, 0.3) is 0 Å². The minimum Gasteiger partial charge on any atom is -0.507 e. The maximum Gasteiger partial charge on any atom is 0.142 e. The van der Waals surface area contributed by atoms with Gasteiger partial charge in [0.2, 0.25) is 0 Å². The molecule has 10 aromatic rings. The number of para-hydroxylation sites is 2. The molecule has 0 unspecified atom stereocenters. The fraction of sp³-hybridized carbons (Fsp3) is 0.0204. The molecule has 0 aliphatic heterocycles. The number of nitrogens with zero attached hydrogens (tertiary/aromatic N) is 2. The number of phenols is 1. The summed E-state index contributed by atoms with van der Waals surface area (Å²) >= 11 is 0. The van der Waals surface area contributed by atoms with Gasteiger partial charge >= 0.3 is 0 Å². The third-order valence-corrected chi connectivity index (χ3v) is 9.94. The number of pyridine rings is 2. The van der Waals surface area contributed by atoms with Gasteiger partial charge in [-0.2, -0.15) is 0 Å². The van der Waals surface area contributed by atoms with Gasteiger partial charge in [-0.25, -0.2) is 0 Å². The minimum atomic E-state index is 0. The Morgan fingerprint density at radius 2 is 1.07 bits per heavy atom. The number of furan rings is 2. The number of fused-ring (bicyclic) bond motifs is 4. The van der Waals surface area contributed by atoms with Gasteiger partial charge in [0.15, 0.2) is 0 Å². The quantitative estimate of drug-likeness (QED) is 0.168. The summed E-state index contributed by atoms with van der Waals surface area (Å²) in [7, 11) is 0. The summed E-state index contributed by atoms with van der Waals surface area (Å²) in [6, 6.07) is 58.1. The summed E-state index contributed by atoms with van der Waals surface area (Å²) in [5.41, 5.74) is 11.0. The number of phenolic OH excluding ortho intramolecular Hbond substituents is 1. The maximum atomic E-state index is 10.8. The van der Waals surface area contributed by atoms with Crippen molar-refractivity contribution in [3.05, 3.63) is 176 Å². The molecule has 266 valence electrons. The van der Waals surface area contributed by atoms with E-state index in [4.69, 9.17) is 18.8 Å². The number of aromatic nitrogens is 2. The Morgan fingerprint density at radius 3 is 1.85 bits per heavy atom. The van der Waals surface area contributed by atoms with Gasteiger partial charge in [0.05, 0.1) is 5.69 Å². The van der Waals surface area contributed by atoms with E-state index in [1.807, 2.05) is 97.9 Å². The monoisotopic (exact) mass is 890 g/mol. The maximum absolute atomic E-state index is 10.8. The summed E-state index contributed by atoms with van der Waals surface area (Å²) in [5, 5.41) is 15.0. The summed E-state index contributed by atoms with van der Waals surface area (Å²) in [5.74, 6) is 1.74. The molecule has 4 heterocycles. The molecule has 10 rings (SSSR count). The van der Waals surface area contributed by atoms with Crippen molar-refractivity contribution < 1.29 is 35.0 Å². The molecule has 0 amide bonds. The summed E-state index contributed by atoms with van der Waals surface area (Å²) in [6.45, 7) is 2.00. The molecule has 55 heavy (non-hydrogen) atoms. The predicted octanol–water partition coefficient (Wildman–Crippen LogP) is 12.9. The van der Waals surface area contributed by atoms with Crippen molar-refractivity contribution in [2.24, 2.45) is 0 Å². The van der Waals surface area contributed by atoms with Crippen LogP contribution in [0.2, 0.25) is 0 Å². The normalized spacial score (nSPS) is 11.3. The van der Waals surface area contributed by atoms with Crippen molar-refractivity contribution in [3.63, 3.8) is 0 Å². The molecule has 6 aromatic carbocycles. The fourth-order valence-corrected chi connectivity index (χ4v) is 7.39. The van der Waals surface area contributed by atoms with Gasteiger partial charge in [0.1, 0.15) is 28.4 Å². The van der Waals surface area contributed by atoms with Crippen molar-refractivity contribution in [1.82, 2.24) is 9.97 Å². The van der Waals surface area contributed by atoms with Crippen LogP contribution in [0.1, 0.15) is 5.69 Å². The first kappa shape index (κ1) is 34.2. The second-order valence-electron chi connectivity index (χ2n) is 13.5. The van der Waals surface area contributed by atoms with Crippen molar-refractivity contribution in [1.29, 1.82) is 0 Å². The second-order valence-corrected chi connectivity index (χ2v) is 13.5. The van der Waals surface area contributed by atoms with Crippen LogP contribution in [0.25, 0.3) is 100 Å². The van der Waals surface area contributed by atoms with Crippen LogP contribution in [0, 0.1) is 13.0 Å². The molecule has 1 N–H and O–H groups in total. The summed E-state index contributed by atoms with van der Waals surface area (Å²) < 4.78 is 13.0. The second kappa shape index (κ2) is 14.0. The molecular formula is C49H31N2O3Pt-. The largest absolute Gasteiger partial charge is 0.507 e. The van der Waals surface area contributed by atoms with Crippen LogP contribution in [0.3, 0.4) is 0 Å². The van der Waals surface area contributed by atoms with Crippen LogP contribution >= 0.6 is 0 Å². The molecule has 0 saturated heterocycles. The Balaban J connectivity index is 0.00000397. The standard InChI is InChI=1S/C49H31N2O3.Pt/c1-30-24-36(49-40-18-6-5-17-39(40)48(54-49)34-22-23-38-37-16-8-10-21-46(37)53-47(38)29-34)28-42(50-30)32-14-11-15-33(25-32)43-26-35(31-12-3-2-4-13-31)27-44(51-43)41-19-7-9-20-45(41)52;/h2-24,26-29,52H,1H3;/q-1;. The number of benzene rings is 6. The van der Waals surface area contributed by atoms with E-state index in [0.29, 0.717) is 11.3 Å². The summed E-state index contributed by atoms with van der Waals surface area (Å²) in [6.07, 6.45) is 0. The first-order valence-electron chi connectivity index (χ1n) is 17.9. The Kier molecular flexibility index (Phi) is 8.73. The minimum absolute atomic E-state index is 0. The number of aryl methyl sites for hydroxylation is 1. The number of rotatable bonds is 6. The molecule has 0 aliphatic rings. The molecule has 0 saturated carbocycles. The molecule has 0 radical (unpaired) electrons. The van der Waals surface area contributed by atoms with Crippen LogP contribution in [-0.2, 0) is 21.1 Å². The molecular weight excluding hydrogens is 860 g/mol. The van der Waals surface area contributed by atoms with Crippen molar-refractivity contribution in [3.8, 4) is 73.3 Å². The molecule has 0 fully saturated rings. The average molecular weight is 891 g/mol. The van der Waals surface area contributed by atoms with E-state index in [1.54, 1.807) is 6.07 Å². The van der Waals surface area contributed by atoms with Gasteiger partial charge in [0, 0.05) is 76.4 Å². The summed E-state index contributed by atoms with van der Waals surface area (Å²) in [4.78, 5) is 10.0. The first-order chi connectivity index (χ1) is 26.6. The smallest absolute Gasteiger partial charge is 0.142 e. The fourth-order valence-electron chi connectivity index (χ4n) is 7.39. The zero-order chi connectivity index (χ0) is 36.2. The van der Waals surface area contributed by atoms with Crippen molar-refractivity contribution >= 4 is 32.7 Å². The Hall–Kier alpha value is -6.55. The van der Waals surface area contributed by atoms with Crippen LogP contribution in [-0.4, -0.2) is 15.1 Å². The number of hydrogen-bond donors (Lipinski definition) is 1. The van der Waals surface area contributed by atoms with Gasteiger partial charge in [-0.15, -0.1) is 24.3 Å². The zero-order valence-electron chi connectivity index (χ0n) is 29.6. The molecule has 0 spiro atoms. The first-order valence-corrected chi connectivity index (χ1v) is 17.9. The van der Waals surface area contributed by atoms with Crippen molar-refractivity contribution in [2.75, 3.05) is 0 Å². The van der Waals surface area contributed by atoms with Crippen molar-refractivity contribution in [2.45, 2.75) is 6.92 Å². The zero-order valence-corrected chi connectivity index (χ0v) is 31.8. The molecule has 0 aliphatic carbocycles. The van der Waals surface area contributed by atoms with Gasteiger partial charge in [-0.05, 0) is 60.5 Å². The molecule has 5 nitrogen and oxygen atoms in total. The van der Waals surface area contributed by atoms with Gasteiger partial charge in [-0.1, -0.05) is 114 Å². The van der Waals surface area contributed by atoms with Crippen LogP contribution in [0.15, 0.2) is 173 Å². The number of hydrogen-bond acceptors (Lipinski definition) is 5. The third kappa shape index (κ3) is 6.23. The predicted molar refractivity (Wildman–Crippen MR) is 217 cm³/mol. The van der Waals surface area contributed by atoms with Crippen LogP contribution in [0.4, 0.5) is 0 Å². The van der Waals surface area contributed by atoms with Gasteiger partial charge < -0.3 is 13.9 Å². The molecule has 4 aromatic heterocycles. The van der Waals surface area contributed by atoms with E-state index in [9.17, 15) is 5.11 Å². The van der Waals surface area contributed by atoms with E-state index in [0.717, 1.165) is 94.7 Å². The van der Waals surface area contributed by atoms with E-state index in [-0.39, 0.29) is 26.8 Å². The molecule has 0 bridgehead atoms. The van der Waals surface area contributed by atoms with Crippen LogP contribution in [0.5, 0.6) is 5.75 Å². The van der Waals surface area contributed by atoms with E-state index in [2.05, 4.69) is 72.8 Å².